The van der Waals surface area contributed by atoms with E-state index in [9.17, 15) is 14.9 Å². The molecule has 0 saturated heterocycles. The van der Waals surface area contributed by atoms with E-state index in [1.54, 1.807) is 19.1 Å². The van der Waals surface area contributed by atoms with Crippen molar-refractivity contribution in [3.8, 4) is 0 Å². The van der Waals surface area contributed by atoms with Crippen LogP contribution in [0.1, 0.15) is 17.5 Å². The van der Waals surface area contributed by atoms with Crippen LogP contribution in [-0.4, -0.2) is 23.9 Å². The zero-order valence-corrected chi connectivity index (χ0v) is 13.6. The second kappa shape index (κ2) is 8.67. The Bertz CT molecular complexity index is 702. The van der Waals surface area contributed by atoms with E-state index in [1.807, 2.05) is 18.2 Å². The van der Waals surface area contributed by atoms with Gasteiger partial charge >= 0.3 is 0 Å². The largest absolute Gasteiger partial charge is 0.376 e. The third-order valence-electron chi connectivity index (χ3n) is 3.75. The molecular weight excluding hydrogens is 306 g/mol. The summed E-state index contributed by atoms with van der Waals surface area (Å²) in [6.07, 6.45) is 1.78. The van der Waals surface area contributed by atoms with Crippen molar-refractivity contribution in [1.82, 2.24) is 5.32 Å². The maximum Gasteiger partial charge on any atom is 0.274 e. The Kier molecular flexibility index (Phi) is 6.31. The van der Waals surface area contributed by atoms with Crippen molar-refractivity contribution in [2.24, 2.45) is 0 Å². The molecule has 0 fully saturated rings. The molecule has 0 aliphatic heterocycles. The summed E-state index contributed by atoms with van der Waals surface area (Å²) in [6, 6.07) is 14.9. The van der Waals surface area contributed by atoms with Crippen LogP contribution < -0.4 is 10.6 Å². The van der Waals surface area contributed by atoms with Crippen molar-refractivity contribution >= 4 is 17.3 Å². The molecule has 2 aromatic rings. The zero-order valence-electron chi connectivity index (χ0n) is 13.6. The van der Waals surface area contributed by atoms with E-state index in [1.165, 1.54) is 11.6 Å². The van der Waals surface area contributed by atoms with Gasteiger partial charge in [-0.1, -0.05) is 36.4 Å². The smallest absolute Gasteiger partial charge is 0.274 e. The first kappa shape index (κ1) is 17.5. The molecule has 6 heteroatoms. The molecule has 6 nitrogen and oxygen atoms in total. The lowest BCUT2D eigenvalue weighted by molar-refractivity contribution is -0.385. The molecular formula is C18H21N3O3. The monoisotopic (exact) mass is 327 g/mol. The van der Waals surface area contributed by atoms with Gasteiger partial charge in [-0.05, 0) is 31.4 Å². The Balaban J connectivity index is 1.73. The number of carbonyl (C=O) groups is 1. The second-order valence-corrected chi connectivity index (χ2v) is 5.50. The van der Waals surface area contributed by atoms with E-state index in [-0.39, 0.29) is 18.1 Å². The van der Waals surface area contributed by atoms with Crippen molar-refractivity contribution in [2.75, 3.05) is 18.4 Å². The van der Waals surface area contributed by atoms with Crippen molar-refractivity contribution in [3.05, 3.63) is 69.8 Å². The summed E-state index contributed by atoms with van der Waals surface area (Å²) in [5, 5.41) is 16.7. The molecule has 0 aliphatic carbocycles. The topological polar surface area (TPSA) is 84.3 Å². The first-order valence-corrected chi connectivity index (χ1v) is 7.86. The summed E-state index contributed by atoms with van der Waals surface area (Å²) in [6.45, 7) is 2.36. The number of nitrogens with zero attached hydrogens (tertiary/aromatic N) is 1. The van der Waals surface area contributed by atoms with Gasteiger partial charge in [0.1, 0.15) is 0 Å². The summed E-state index contributed by atoms with van der Waals surface area (Å²) in [7, 11) is 0. The number of nitro benzene ring substituents is 1. The SMILES string of the molecule is Cc1c(NCC(=O)NCCCc2ccccc2)cccc1[N+](=O)[O-]. The zero-order chi connectivity index (χ0) is 17.4. The van der Waals surface area contributed by atoms with Gasteiger partial charge in [-0.25, -0.2) is 0 Å². The van der Waals surface area contributed by atoms with Crippen molar-refractivity contribution in [3.63, 3.8) is 0 Å². The number of rotatable bonds is 8. The number of hydrogen-bond acceptors (Lipinski definition) is 4. The van der Waals surface area contributed by atoms with E-state index in [0.717, 1.165) is 12.8 Å². The van der Waals surface area contributed by atoms with Gasteiger partial charge in [-0.3, -0.25) is 14.9 Å². The lowest BCUT2D eigenvalue weighted by Gasteiger charge is -2.10. The molecule has 0 heterocycles. The molecule has 126 valence electrons. The van der Waals surface area contributed by atoms with Crippen LogP contribution in [0.4, 0.5) is 11.4 Å². The van der Waals surface area contributed by atoms with Gasteiger partial charge in [0.2, 0.25) is 5.91 Å². The molecule has 2 aromatic carbocycles. The highest BCUT2D eigenvalue weighted by Gasteiger charge is 2.13. The molecule has 0 aromatic heterocycles. The Labute approximate surface area is 141 Å². The minimum Gasteiger partial charge on any atom is -0.376 e. The Morgan fingerprint density at radius 1 is 1.12 bits per heavy atom. The number of nitro groups is 1. The molecule has 2 N–H and O–H groups in total. The van der Waals surface area contributed by atoms with Gasteiger partial charge in [0.15, 0.2) is 0 Å². The summed E-state index contributed by atoms with van der Waals surface area (Å²) in [4.78, 5) is 22.3. The highest BCUT2D eigenvalue weighted by atomic mass is 16.6. The highest BCUT2D eigenvalue weighted by molar-refractivity contribution is 5.81. The summed E-state index contributed by atoms with van der Waals surface area (Å²) in [5.41, 5.74) is 2.42. The predicted molar refractivity (Wildman–Crippen MR) is 94.1 cm³/mol. The molecule has 0 saturated carbocycles. The summed E-state index contributed by atoms with van der Waals surface area (Å²) in [5.74, 6) is -0.131. The van der Waals surface area contributed by atoms with Gasteiger partial charge in [0.25, 0.3) is 5.69 Å². The van der Waals surface area contributed by atoms with Crippen molar-refractivity contribution in [1.29, 1.82) is 0 Å². The number of benzene rings is 2. The average molecular weight is 327 g/mol. The number of amides is 1. The lowest BCUT2D eigenvalue weighted by atomic mass is 10.1. The van der Waals surface area contributed by atoms with Crippen LogP contribution in [0.5, 0.6) is 0 Å². The molecule has 0 atom stereocenters. The van der Waals surface area contributed by atoms with Crippen molar-refractivity contribution < 1.29 is 9.72 Å². The molecule has 0 aliphatic rings. The number of aryl methyl sites for hydroxylation is 1. The van der Waals surface area contributed by atoms with Gasteiger partial charge in [0.05, 0.1) is 11.5 Å². The highest BCUT2D eigenvalue weighted by Crippen LogP contribution is 2.24. The van der Waals surface area contributed by atoms with Crippen LogP contribution in [0.15, 0.2) is 48.5 Å². The van der Waals surface area contributed by atoms with E-state index < -0.39 is 4.92 Å². The number of hydrogen-bond donors (Lipinski definition) is 2. The molecule has 0 spiro atoms. The molecule has 2 rings (SSSR count). The van der Waals surface area contributed by atoms with Gasteiger partial charge in [-0.15, -0.1) is 0 Å². The summed E-state index contributed by atoms with van der Waals surface area (Å²) >= 11 is 0. The number of anilines is 1. The lowest BCUT2D eigenvalue weighted by Crippen LogP contribution is -2.31. The van der Waals surface area contributed by atoms with Crippen LogP contribution in [0.3, 0.4) is 0 Å². The van der Waals surface area contributed by atoms with Crippen LogP contribution in [0, 0.1) is 17.0 Å². The fourth-order valence-corrected chi connectivity index (χ4v) is 2.42. The number of carbonyl (C=O) groups excluding carboxylic acids is 1. The summed E-state index contributed by atoms with van der Waals surface area (Å²) < 4.78 is 0. The fourth-order valence-electron chi connectivity index (χ4n) is 2.42. The van der Waals surface area contributed by atoms with Crippen LogP contribution in [0.25, 0.3) is 0 Å². The molecule has 24 heavy (non-hydrogen) atoms. The Morgan fingerprint density at radius 2 is 1.88 bits per heavy atom. The maximum atomic E-state index is 11.9. The van der Waals surface area contributed by atoms with Gasteiger partial charge in [-0.2, -0.15) is 0 Å². The first-order chi connectivity index (χ1) is 11.6. The maximum absolute atomic E-state index is 11.9. The Morgan fingerprint density at radius 3 is 2.58 bits per heavy atom. The van der Waals surface area contributed by atoms with Gasteiger partial charge < -0.3 is 10.6 Å². The number of nitrogens with one attached hydrogen (secondary N) is 2. The third kappa shape index (κ3) is 5.08. The Hall–Kier alpha value is -2.89. The predicted octanol–water partition coefficient (Wildman–Crippen LogP) is 3.06. The van der Waals surface area contributed by atoms with Crippen LogP contribution in [-0.2, 0) is 11.2 Å². The molecule has 1 amide bonds. The van der Waals surface area contributed by atoms with Crippen molar-refractivity contribution in [2.45, 2.75) is 19.8 Å². The quantitative estimate of drug-likeness (QED) is 0.443. The normalized spacial score (nSPS) is 10.2. The van der Waals surface area contributed by atoms with E-state index in [2.05, 4.69) is 22.8 Å². The van der Waals surface area contributed by atoms with E-state index >= 15 is 0 Å². The minimum absolute atomic E-state index is 0.0447. The first-order valence-electron chi connectivity index (χ1n) is 7.86. The van der Waals surface area contributed by atoms with Gasteiger partial charge in [0, 0.05) is 23.9 Å². The molecule has 0 unspecified atom stereocenters. The standard InChI is InChI=1S/C18H21N3O3/c1-14-16(10-5-11-17(14)21(23)24)20-13-18(22)19-12-6-9-15-7-3-2-4-8-15/h2-5,7-8,10-11,20H,6,9,12-13H2,1H3,(H,19,22). The van der Waals surface area contributed by atoms with E-state index in [4.69, 9.17) is 0 Å². The average Bonchev–Trinajstić information content (AvgIpc) is 2.58. The fraction of sp³-hybridized carbons (Fsp3) is 0.278. The third-order valence-corrected chi connectivity index (χ3v) is 3.75. The van der Waals surface area contributed by atoms with Crippen LogP contribution >= 0.6 is 0 Å². The van der Waals surface area contributed by atoms with Crippen LogP contribution in [0.2, 0.25) is 0 Å². The molecule has 0 radical (unpaired) electrons. The molecule has 0 bridgehead atoms. The second-order valence-electron chi connectivity index (χ2n) is 5.50. The van der Waals surface area contributed by atoms with E-state index in [0.29, 0.717) is 17.8 Å². The minimum atomic E-state index is -0.426.